The number of pyridine rings is 1. The summed E-state index contributed by atoms with van der Waals surface area (Å²) in [6.45, 7) is 6.49. The summed E-state index contributed by atoms with van der Waals surface area (Å²) in [5.41, 5.74) is 6.94. The van der Waals surface area contributed by atoms with Gasteiger partial charge in [0.25, 0.3) is 5.91 Å². The van der Waals surface area contributed by atoms with E-state index >= 15 is 0 Å². The number of nitrogens with two attached hydrogens (primary N) is 1. The molecule has 2 heterocycles. The van der Waals surface area contributed by atoms with Gasteiger partial charge in [0.1, 0.15) is 5.69 Å². The van der Waals surface area contributed by atoms with Gasteiger partial charge in [-0.05, 0) is 36.8 Å². The van der Waals surface area contributed by atoms with Crippen LogP contribution in [0.3, 0.4) is 0 Å². The molecule has 2 rings (SSSR count). The number of carbonyl (C=O) groups is 1. The van der Waals surface area contributed by atoms with Gasteiger partial charge in [-0.3, -0.25) is 4.79 Å². The van der Waals surface area contributed by atoms with Crippen molar-refractivity contribution in [3.63, 3.8) is 0 Å². The summed E-state index contributed by atoms with van der Waals surface area (Å²) in [5.74, 6) is 5.70. The van der Waals surface area contributed by atoms with E-state index in [9.17, 15) is 4.79 Å². The van der Waals surface area contributed by atoms with Crippen LogP contribution in [0.15, 0.2) is 18.3 Å². The van der Waals surface area contributed by atoms with E-state index in [1.807, 2.05) is 11.0 Å². The van der Waals surface area contributed by atoms with E-state index in [-0.39, 0.29) is 5.91 Å². The first-order valence-electron chi connectivity index (χ1n) is 7.46. The standard InChI is InChI=1S/C17H23N3O/c1-17(2)8-4-11-20(12-9-17)16(21)15-7-6-14(13-19-15)5-3-10-18/h6-7,13H,4,8-12,18H2,1-2H3. The van der Waals surface area contributed by atoms with Crippen LogP contribution in [-0.4, -0.2) is 35.4 Å². The van der Waals surface area contributed by atoms with E-state index in [1.165, 1.54) is 0 Å². The Labute approximate surface area is 126 Å². The van der Waals surface area contributed by atoms with Crippen LogP contribution in [0.25, 0.3) is 0 Å². The summed E-state index contributed by atoms with van der Waals surface area (Å²) in [7, 11) is 0. The quantitative estimate of drug-likeness (QED) is 0.803. The Bertz CT molecular complexity index is 552. The zero-order valence-corrected chi connectivity index (χ0v) is 12.9. The first-order valence-corrected chi connectivity index (χ1v) is 7.46. The number of amides is 1. The molecule has 4 heteroatoms. The summed E-state index contributed by atoms with van der Waals surface area (Å²) in [5, 5.41) is 0. The van der Waals surface area contributed by atoms with Crippen molar-refractivity contribution in [1.82, 2.24) is 9.88 Å². The average molecular weight is 285 g/mol. The molecule has 0 aliphatic carbocycles. The van der Waals surface area contributed by atoms with Crippen molar-refractivity contribution in [2.24, 2.45) is 11.1 Å². The van der Waals surface area contributed by atoms with Crippen molar-refractivity contribution in [1.29, 1.82) is 0 Å². The summed E-state index contributed by atoms with van der Waals surface area (Å²) < 4.78 is 0. The van der Waals surface area contributed by atoms with Crippen LogP contribution >= 0.6 is 0 Å². The third kappa shape index (κ3) is 4.30. The molecule has 0 unspecified atom stereocenters. The van der Waals surface area contributed by atoms with E-state index in [0.717, 1.165) is 37.9 Å². The van der Waals surface area contributed by atoms with Gasteiger partial charge in [-0.2, -0.15) is 0 Å². The van der Waals surface area contributed by atoms with Gasteiger partial charge in [-0.15, -0.1) is 0 Å². The van der Waals surface area contributed by atoms with Crippen molar-refractivity contribution >= 4 is 5.91 Å². The normalized spacial score (nSPS) is 17.6. The summed E-state index contributed by atoms with van der Waals surface area (Å²) >= 11 is 0. The van der Waals surface area contributed by atoms with Crippen molar-refractivity contribution in [3.8, 4) is 11.8 Å². The number of aromatic nitrogens is 1. The first-order chi connectivity index (χ1) is 10.0. The lowest BCUT2D eigenvalue weighted by Gasteiger charge is -2.23. The fraction of sp³-hybridized carbons (Fsp3) is 0.529. The molecule has 112 valence electrons. The molecule has 0 atom stereocenters. The Hall–Kier alpha value is -1.86. The molecule has 21 heavy (non-hydrogen) atoms. The van der Waals surface area contributed by atoms with Crippen LogP contribution in [0.1, 0.15) is 49.2 Å². The van der Waals surface area contributed by atoms with Gasteiger partial charge in [0, 0.05) is 24.8 Å². The largest absolute Gasteiger partial charge is 0.337 e. The molecular formula is C17H23N3O. The van der Waals surface area contributed by atoms with Crippen molar-refractivity contribution < 1.29 is 4.79 Å². The molecule has 1 aromatic heterocycles. The zero-order valence-electron chi connectivity index (χ0n) is 12.9. The van der Waals surface area contributed by atoms with Crippen LogP contribution in [0, 0.1) is 17.3 Å². The van der Waals surface area contributed by atoms with Crippen LogP contribution < -0.4 is 5.73 Å². The van der Waals surface area contributed by atoms with Gasteiger partial charge in [0.05, 0.1) is 6.54 Å². The molecular weight excluding hydrogens is 262 g/mol. The highest BCUT2D eigenvalue weighted by molar-refractivity contribution is 5.92. The summed E-state index contributed by atoms with van der Waals surface area (Å²) in [6, 6.07) is 3.57. The van der Waals surface area contributed by atoms with E-state index < -0.39 is 0 Å². The molecule has 0 radical (unpaired) electrons. The first kappa shape index (κ1) is 15.5. The molecule has 2 N–H and O–H groups in total. The summed E-state index contributed by atoms with van der Waals surface area (Å²) in [6.07, 6.45) is 4.90. The number of nitrogens with zero attached hydrogens (tertiary/aromatic N) is 2. The van der Waals surface area contributed by atoms with Gasteiger partial charge in [0.2, 0.25) is 0 Å². The number of rotatable bonds is 1. The monoisotopic (exact) mass is 285 g/mol. The number of likely N-dealkylation sites (tertiary alicyclic amines) is 1. The summed E-state index contributed by atoms with van der Waals surface area (Å²) in [4.78, 5) is 18.7. The minimum absolute atomic E-state index is 0.0195. The smallest absolute Gasteiger partial charge is 0.272 e. The molecule has 1 aliphatic rings. The molecule has 1 fully saturated rings. The van der Waals surface area contributed by atoms with E-state index in [2.05, 4.69) is 30.7 Å². The molecule has 1 amide bonds. The molecule has 0 bridgehead atoms. The molecule has 0 aromatic carbocycles. The highest BCUT2D eigenvalue weighted by atomic mass is 16.2. The molecule has 1 aliphatic heterocycles. The minimum atomic E-state index is 0.0195. The second-order valence-corrected chi connectivity index (χ2v) is 6.25. The molecule has 4 nitrogen and oxygen atoms in total. The lowest BCUT2D eigenvalue weighted by atomic mass is 9.85. The predicted molar refractivity (Wildman–Crippen MR) is 83.7 cm³/mol. The second-order valence-electron chi connectivity index (χ2n) is 6.25. The Balaban J connectivity index is 2.06. The minimum Gasteiger partial charge on any atom is -0.337 e. The Morgan fingerprint density at radius 3 is 2.86 bits per heavy atom. The van der Waals surface area contributed by atoms with Gasteiger partial charge in [0.15, 0.2) is 0 Å². The molecule has 0 saturated carbocycles. The average Bonchev–Trinajstić information content (AvgIpc) is 2.66. The van der Waals surface area contributed by atoms with E-state index in [1.54, 1.807) is 12.3 Å². The highest BCUT2D eigenvalue weighted by Crippen LogP contribution is 2.30. The van der Waals surface area contributed by atoms with Crippen molar-refractivity contribution in [2.75, 3.05) is 19.6 Å². The van der Waals surface area contributed by atoms with E-state index in [0.29, 0.717) is 17.7 Å². The number of hydrogen-bond acceptors (Lipinski definition) is 3. The lowest BCUT2D eigenvalue weighted by Crippen LogP contribution is -2.32. The Kier molecular flexibility index (Phi) is 4.98. The highest BCUT2D eigenvalue weighted by Gasteiger charge is 2.26. The van der Waals surface area contributed by atoms with Crippen LogP contribution in [-0.2, 0) is 0 Å². The SMILES string of the molecule is CC1(C)CCCN(C(=O)c2ccc(C#CCN)cn2)CC1. The van der Waals surface area contributed by atoms with Crippen molar-refractivity contribution in [2.45, 2.75) is 33.1 Å². The fourth-order valence-electron chi connectivity index (χ4n) is 2.54. The van der Waals surface area contributed by atoms with Gasteiger partial charge in [-0.25, -0.2) is 4.98 Å². The van der Waals surface area contributed by atoms with Crippen LogP contribution in [0.5, 0.6) is 0 Å². The predicted octanol–water partition coefficient (Wildman–Crippen LogP) is 2.04. The maximum Gasteiger partial charge on any atom is 0.272 e. The Morgan fingerprint density at radius 2 is 2.19 bits per heavy atom. The third-order valence-corrected chi connectivity index (χ3v) is 3.94. The molecule has 1 aromatic rings. The zero-order chi connectivity index (χ0) is 15.3. The maximum absolute atomic E-state index is 12.5. The molecule has 1 saturated heterocycles. The number of carbonyl (C=O) groups excluding carboxylic acids is 1. The van der Waals surface area contributed by atoms with Crippen LogP contribution in [0.2, 0.25) is 0 Å². The topological polar surface area (TPSA) is 59.2 Å². The van der Waals surface area contributed by atoms with Gasteiger partial charge >= 0.3 is 0 Å². The third-order valence-electron chi connectivity index (χ3n) is 3.94. The fourth-order valence-corrected chi connectivity index (χ4v) is 2.54. The number of hydrogen-bond donors (Lipinski definition) is 1. The molecule has 0 spiro atoms. The Morgan fingerprint density at radius 1 is 1.38 bits per heavy atom. The lowest BCUT2D eigenvalue weighted by molar-refractivity contribution is 0.0751. The van der Waals surface area contributed by atoms with Gasteiger partial charge < -0.3 is 10.6 Å². The van der Waals surface area contributed by atoms with Crippen molar-refractivity contribution in [3.05, 3.63) is 29.6 Å². The van der Waals surface area contributed by atoms with Crippen LogP contribution in [0.4, 0.5) is 0 Å². The maximum atomic E-state index is 12.5. The second kappa shape index (κ2) is 6.73. The van der Waals surface area contributed by atoms with E-state index in [4.69, 9.17) is 5.73 Å². The van der Waals surface area contributed by atoms with Gasteiger partial charge in [-0.1, -0.05) is 25.7 Å².